The Morgan fingerprint density at radius 3 is 2.78 bits per heavy atom. The highest BCUT2D eigenvalue weighted by Crippen LogP contribution is 2.17. The molecule has 0 aliphatic heterocycles. The predicted octanol–water partition coefficient (Wildman–Crippen LogP) is 1.28. The highest BCUT2D eigenvalue weighted by Gasteiger charge is 2.20. The molecule has 2 rings (SSSR count). The van der Waals surface area contributed by atoms with Crippen molar-refractivity contribution in [3.8, 4) is 0 Å². The van der Waals surface area contributed by atoms with E-state index in [0.29, 0.717) is 5.56 Å². The first kappa shape index (κ1) is 12.5. The van der Waals surface area contributed by atoms with Gasteiger partial charge >= 0.3 is 5.97 Å². The van der Waals surface area contributed by atoms with Crippen molar-refractivity contribution in [2.45, 2.75) is 6.04 Å². The van der Waals surface area contributed by atoms with Crippen molar-refractivity contribution in [1.82, 2.24) is 10.3 Å². The second-order valence-electron chi connectivity index (χ2n) is 3.79. The Morgan fingerprint density at radius 2 is 2.11 bits per heavy atom. The smallest absolute Gasteiger partial charge is 0.327 e. The first-order valence-corrected chi connectivity index (χ1v) is 5.97. The Bertz CT molecular complexity index is 594. The number of benzene rings is 1. The average Bonchev–Trinajstić information content (AvgIpc) is 2.79. The van der Waals surface area contributed by atoms with Gasteiger partial charge in [0.25, 0.3) is 5.91 Å². The van der Waals surface area contributed by atoms with E-state index in [1.165, 1.54) is 0 Å². The molecule has 18 heavy (non-hydrogen) atoms. The number of hydrogen-bond donors (Lipinski definition) is 4. The lowest BCUT2D eigenvalue weighted by Gasteiger charge is -2.11. The number of amides is 1. The summed E-state index contributed by atoms with van der Waals surface area (Å²) in [5.74, 6) is -1.48. The van der Waals surface area contributed by atoms with Gasteiger partial charge in [0.05, 0.1) is 5.56 Å². The lowest BCUT2D eigenvalue weighted by molar-refractivity contribution is -0.138. The molecule has 0 radical (unpaired) electrons. The number of carboxylic acid groups (broad SMARTS) is 1. The molecule has 1 amide bonds. The molecule has 0 spiro atoms. The number of aliphatic carboxylic acids is 1. The third-order valence-corrected chi connectivity index (χ3v) is 2.99. The number of rotatable bonds is 4. The van der Waals surface area contributed by atoms with Gasteiger partial charge in [-0.3, -0.25) is 4.79 Å². The molecule has 1 aromatic carbocycles. The maximum Gasteiger partial charge on any atom is 0.327 e. The van der Waals surface area contributed by atoms with Crippen LogP contribution in [0.25, 0.3) is 10.9 Å². The van der Waals surface area contributed by atoms with E-state index in [1.54, 1.807) is 12.3 Å². The molecule has 0 fully saturated rings. The van der Waals surface area contributed by atoms with Gasteiger partial charge in [0, 0.05) is 22.9 Å². The standard InChI is InChI=1S/C12H12N2O3S/c15-11(14-10(6-18)12(16)17)8-5-13-9-4-2-1-3-7(8)9/h1-5,10,13,18H,6H2,(H,14,15)(H,16,17). The fraction of sp³-hybridized carbons (Fsp3) is 0.167. The van der Waals surface area contributed by atoms with Gasteiger partial charge in [-0.2, -0.15) is 12.6 Å². The van der Waals surface area contributed by atoms with Gasteiger partial charge in [-0.25, -0.2) is 4.79 Å². The minimum Gasteiger partial charge on any atom is -0.480 e. The number of hydrogen-bond acceptors (Lipinski definition) is 3. The van der Waals surface area contributed by atoms with Crippen LogP contribution in [0.5, 0.6) is 0 Å². The second-order valence-corrected chi connectivity index (χ2v) is 4.16. The van der Waals surface area contributed by atoms with Crippen LogP contribution in [-0.2, 0) is 4.79 Å². The van der Waals surface area contributed by atoms with Crippen molar-refractivity contribution < 1.29 is 14.7 Å². The number of nitrogens with one attached hydrogen (secondary N) is 2. The Kier molecular flexibility index (Phi) is 3.57. The van der Waals surface area contributed by atoms with Crippen LogP contribution in [0, 0.1) is 0 Å². The van der Waals surface area contributed by atoms with Gasteiger partial charge in [0.2, 0.25) is 0 Å². The predicted molar refractivity (Wildman–Crippen MR) is 71.0 cm³/mol. The summed E-state index contributed by atoms with van der Waals surface area (Å²) < 4.78 is 0. The average molecular weight is 264 g/mol. The van der Waals surface area contributed by atoms with Crippen molar-refractivity contribution >= 4 is 35.4 Å². The first-order chi connectivity index (χ1) is 8.63. The van der Waals surface area contributed by atoms with E-state index in [9.17, 15) is 9.59 Å². The Balaban J connectivity index is 2.26. The van der Waals surface area contributed by atoms with E-state index in [1.807, 2.05) is 18.2 Å². The third-order valence-electron chi connectivity index (χ3n) is 2.62. The number of para-hydroxylation sites is 1. The summed E-state index contributed by atoms with van der Waals surface area (Å²) in [7, 11) is 0. The highest BCUT2D eigenvalue weighted by molar-refractivity contribution is 7.80. The number of aromatic amines is 1. The number of thiol groups is 1. The zero-order valence-electron chi connectivity index (χ0n) is 9.38. The van der Waals surface area contributed by atoms with Crippen molar-refractivity contribution in [2.75, 3.05) is 5.75 Å². The maximum absolute atomic E-state index is 12.0. The van der Waals surface area contributed by atoms with Gasteiger partial charge in [0.1, 0.15) is 6.04 Å². The Labute approximate surface area is 109 Å². The Morgan fingerprint density at radius 1 is 1.39 bits per heavy atom. The number of carbonyl (C=O) groups is 2. The zero-order valence-corrected chi connectivity index (χ0v) is 10.3. The van der Waals surface area contributed by atoms with Crippen LogP contribution in [-0.4, -0.2) is 33.8 Å². The summed E-state index contributed by atoms with van der Waals surface area (Å²) in [4.78, 5) is 25.8. The second kappa shape index (κ2) is 5.14. The molecule has 5 nitrogen and oxygen atoms in total. The molecule has 2 aromatic rings. The van der Waals surface area contributed by atoms with Crippen LogP contribution < -0.4 is 5.32 Å². The summed E-state index contributed by atoms with van der Waals surface area (Å²) >= 11 is 3.90. The molecule has 0 bridgehead atoms. The van der Waals surface area contributed by atoms with Crippen LogP contribution >= 0.6 is 12.6 Å². The summed E-state index contributed by atoms with van der Waals surface area (Å²) in [6.45, 7) is 0. The quantitative estimate of drug-likeness (QED) is 0.628. The molecular formula is C12H12N2O3S. The zero-order chi connectivity index (χ0) is 13.1. The summed E-state index contributed by atoms with van der Waals surface area (Å²) in [6.07, 6.45) is 1.57. The molecule has 0 aliphatic rings. The fourth-order valence-corrected chi connectivity index (χ4v) is 1.93. The molecule has 1 atom stereocenters. The van der Waals surface area contributed by atoms with Crippen molar-refractivity contribution in [2.24, 2.45) is 0 Å². The largest absolute Gasteiger partial charge is 0.480 e. The summed E-state index contributed by atoms with van der Waals surface area (Å²) in [6, 6.07) is 6.33. The maximum atomic E-state index is 12.0. The monoisotopic (exact) mass is 264 g/mol. The lowest BCUT2D eigenvalue weighted by Crippen LogP contribution is -2.42. The number of aromatic nitrogens is 1. The van der Waals surface area contributed by atoms with Crippen LogP contribution in [0.1, 0.15) is 10.4 Å². The molecule has 1 aromatic heterocycles. The third kappa shape index (κ3) is 2.33. The molecule has 6 heteroatoms. The summed E-state index contributed by atoms with van der Waals surface area (Å²) in [5, 5.41) is 12.0. The van der Waals surface area contributed by atoms with E-state index in [4.69, 9.17) is 5.11 Å². The molecule has 0 aliphatic carbocycles. The number of fused-ring (bicyclic) bond motifs is 1. The number of carboxylic acids is 1. The van der Waals surface area contributed by atoms with Crippen LogP contribution in [0.4, 0.5) is 0 Å². The number of carbonyl (C=O) groups excluding carboxylic acids is 1. The van der Waals surface area contributed by atoms with Crippen LogP contribution in [0.15, 0.2) is 30.5 Å². The topological polar surface area (TPSA) is 82.2 Å². The van der Waals surface area contributed by atoms with Crippen molar-refractivity contribution in [1.29, 1.82) is 0 Å². The van der Waals surface area contributed by atoms with Crippen molar-refractivity contribution in [3.05, 3.63) is 36.0 Å². The molecule has 94 valence electrons. The number of H-pyrrole nitrogens is 1. The molecule has 0 saturated heterocycles. The van der Waals surface area contributed by atoms with E-state index in [-0.39, 0.29) is 5.75 Å². The van der Waals surface area contributed by atoms with E-state index < -0.39 is 17.9 Å². The fourth-order valence-electron chi connectivity index (χ4n) is 1.68. The van der Waals surface area contributed by atoms with Crippen molar-refractivity contribution in [3.63, 3.8) is 0 Å². The normalized spacial score (nSPS) is 12.3. The van der Waals surface area contributed by atoms with Gasteiger partial charge < -0.3 is 15.4 Å². The minimum absolute atomic E-state index is 0.0451. The molecule has 1 unspecified atom stereocenters. The lowest BCUT2D eigenvalue weighted by atomic mass is 10.1. The SMILES string of the molecule is O=C(NC(CS)C(=O)O)c1c[nH]c2ccccc12. The van der Waals surface area contributed by atoms with Crippen LogP contribution in [0.3, 0.4) is 0 Å². The van der Waals surface area contributed by atoms with E-state index in [2.05, 4.69) is 22.9 Å². The minimum atomic E-state index is -1.10. The van der Waals surface area contributed by atoms with Crippen LogP contribution in [0.2, 0.25) is 0 Å². The molecule has 1 heterocycles. The van der Waals surface area contributed by atoms with E-state index in [0.717, 1.165) is 10.9 Å². The van der Waals surface area contributed by atoms with Gasteiger partial charge in [-0.05, 0) is 6.07 Å². The van der Waals surface area contributed by atoms with Gasteiger partial charge in [-0.15, -0.1) is 0 Å². The van der Waals surface area contributed by atoms with E-state index >= 15 is 0 Å². The van der Waals surface area contributed by atoms with Gasteiger partial charge in [0.15, 0.2) is 0 Å². The molecular weight excluding hydrogens is 252 g/mol. The molecule has 0 saturated carbocycles. The summed E-state index contributed by atoms with van der Waals surface area (Å²) in [5.41, 5.74) is 1.26. The van der Waals surface area contributed by atoms with Gasteiger partial charge in [-0.1, -0.05) is 18.2 Å². The highest BCUT2D eigenvalue weighted by atomic mass is 32.1. The Hall–Kier alpha value is -1.95. The molecule has 3 N–H and O–H groups in total. The first-order valence-electron chi connectivity index (χ1n) is 5.34.